The van der Waals surface area contributed by atoms with E-state index in [1.165, 1.54) is 0 Å². The van der Waals surface area contributed by atoms with Crippen molar-refractivity contribution in [3.8, 4) is 0 Å². The fraction of sp³-hybridized carbons (Fsp3) is 0.543. The van der Waals surface area contributed by atoms with E-state index in [-0.39, 0.29) is 43.5 Å². The van der Waals surface area contributed by atoms with Crippen LogP contribution in [0.4, 0.5) is 4.79 Å². The molecule has 2 fully saturated rings. The van der Waals surface area contributed by atoms with E-state index in [0.29, 0.717) is 38.5 Å². The van der Waals surface area contributed by atoms with E-state index in [1.54, 1.807) is 20.8 Å². The van der Waals surface area contributed by atoms with Crippen LogP contribution in [-0.4, -0.2) is 41.6 Å². The zero-order valence-corrected chi connectivity index (χ0v) is 26.1. The molecule has 2 amide bonds. The van der Waals surface area contributed by atoms with E-state index in [4.69, 9.17) is 14.2 Å². The number of hydrogen-bond donors (Lipinski definition) is 2. The van der Waals surface area contributed by atoms with Gasteiger partial charge in [0.15, 0.2) is 0 Å². The van der Waals surface area contributed by atoms with E-state index in [9.17, 15) is 19.2 Å². The SMILES string of the molecule is CC(C)(C)OC(=O)NC(CC1(C(=O)N[C@H]2CC[C@@H](C(=O)OCc3ccccc3)CC2)CCCC1)C(=O)OCc1ccccc1. The summed E-state index contributed by atoms with van der Waals surface area (Å²) in [4.78, 5) is 52.6. The van der Waals surface area contributed by atoms with E-state index < -0.39 is 29.1 Å². The van der Waals surface area contributed by atoms with Crippen molar-refractivity contribution in [2.75, 3.05) is 0 Å². The van der Waals surface area contributed by atoms with Crippen LogP contribution in [0.3, 0.4) is 0 Å². The highest BCUT2D eigenvalue weighted by Crippen LogP contribution is 2.43. The summed E-state index contributed by atoms with van der Waals surface area (Å²) in [6.07, 6.45) is 4.93. The first kappa shape index (κ1) is 33.0. The summed E-state index contributed by atoms with van der Waals surface area (Å²) in [6.45, 7) is 5.56. The summed E-state index contributed by atoms with van der Waals surface area (Å²) in [6, 6.07) is 17.8. The maximum atomic E-state index is 13.9. The van der Waals surface area contributed by atoms with Crippen LogP contribution in [0.2, 0.25) is 0 Å². The van der Waals surface area contributed by atoms with Gasteiger partial charge in [-0.05, 0) is 76.8 Å². The number of amides is 2. The van der Waals surface area contributed by atoms with Gasteiger partial charge in [-0.15, -0.1) is 0 Å². The standard InChI is InChI=1S/C35H46N2O7/c1-34(2,3)44-33(41)37-29(31(39)43-24-26-14-8-5-9-15-26)22-35(20-10-11-21-35)32(40)36-28-18-16-27(17-19-28)30(38)42-23-25-12-6-4-7-13-25/h4-9,12-15,27-29H,10-11,16-24H2,1-3H3,(H,36,40)(H,37,41)/t27-,28+,29?. The van der Waals surface area contributed by atoms with Gasteiger partial charge in [0.05, 0.1) is 11.3 Å². The van der Waals surface area contributed by atoms with Crippen LogP contribution in [0.1, 0.15) is 89.7 Å². The maximum Gasteiger partial charge on any atom is 0.408 e. The number of ether oxygens (including phenoxy) is 3. The minimum atomic E-state index is -1.05. The molecule has 0 aliphatic heterocycles. The third-order valence-electron chi connectivity index (χ3n) is 8.46. The number of carbonyl (C=O) groups excluding carboxylic acids is 4. The van der Waals surface area contributed by atoms with Crippen molar-refractivity contribution in [3.05, 3.63) is 71.8 Å². The number of hydrogen-bond acceptors (Lipinski definition) is 7. The normalized spacial score (nSPS) is 20.2. The predicted molar refractivity (Wildman–Crippen MR) is 165 cm³/mol. The van der Waals surface area contributed by atoms with Crippen LogP contribution in [0.25, 0.3) is 0 Å². The van der Waals surface area contributed by atoms with Gasteiger partial charge in [-0.25, -0.2) is 9.59 Å². The number of alkyl carbamates (subject to hydrolysis) is 1. The molecule has 44 heavy (non-hydrogen) atoms. The molecule has 0 spiro atoms. The van der Waals surface area contributed by atoms with Crippen molar-refractivity contribution in [1.82, 2.24) is 10.6 Å². The maximum absolute atomic E-state index is 13.9. The first-order valence-corrected chi connectivity index (χ1v) is 15.7. The molecule has 9 heteroatoms. The molecular formula is C35H46N2O7. The Balaban J connectivity index is 1.36. The van der Waals surface area contributed by atoms with Gasteiger partial charge in [0.1, 0.15) is 24.9 Å². The number of benzene rings is 2. The quantitative estimate of drug-likeness (QED) is 0.238. The summed E-state index contributed by atoms with van der Waals surface area (Å²) in [5.74, 6) is -1.10. The van der Waals surface area contributed by atoms with E-state index >= 15 is 0 Å². The Morgan fingerprint density at radius 1 is 0.818 bits per heavy atom. The van der Waals surface area contributed by atoms with Crippen molar-refractivity contribution >= 4 is 23.9 Å². The fourth-order valence-electron chi connectivity index (χ4n) is 6.10. The predicted octanol–water partition coefficient (Wildman–Crippen LogP) is 5.99. The first-order valence-electron chi connectivity index (χ1n) is 15.7. The Hall–Kier alpha value is -3.88. The molecule has 1 unspecified atom stereocenters. The van der Waals surface area contributed by atoms with E-state index in [2.05, 4.69) is 10.6 Å². The lowest BCUT2D eigenvalue weighted by atomic mass is 9.78. The number of carbonyl (C=O) groups is 4. The van der Waals surface area contributed by atoms with Gasteiger partial charge in [0.25, 0.3) is 0 Å². The summed E-state index contributed by atoms with van der Waals surface area (Å²) < 4.78 is 16.6. The van der Waals surface area contributed by atoms with Gasteiger partial charge in [0.2, 0.25) is 5.91 Å². The molecule has 0 heterocycles. The second-order valence-corrected chi connectivity index (χ2v) is 13.1. The Bertz CT molecular complexity index is 1240. The van der Waals surface area contributed by atoms with Crippen LogP contribution in [0.5, 0.6) is 0 Å². The van der Waals surface area contributed by atoms with Gasteiger partial charge >= 0.3 is 18.0 Å². The third kappa shape index (κ3) is 9.82. The average Bonchev–Trinajstić information content (AvgIpc) is 3.49. The molecule has 0 radical (unpaired) electrons. The highest BCUT2D eigenvalue weighted by atomic mass is 16.6. The highest BCUT2D eigenvalue weighted by molar-refractivity contribution is 5.86. The smallest absolute Gasteiger partial charge is 0.408 e. The van der Waals surface area contributed by atoms with Crippen LogP contribution in [-0.2, 0) is 41.8 Å². The summed E-state index contributed by atoms with van der Waals surface area (Å²) in [5, 5.41) is 5.92. The molecule has 2 N–H and O–H groups in total. The molecule has 2 saturated carbocycles. The summed E-state index contributed by atoms with van der Waals surface area (Å²) in [5.41, 5.74) is 0.200. The minimum Gasteiger partial charge on any atom is -0.461 e. The molecule has 0 aromatic heterocycles. The molecule has 2 aliphatic rings. The lowest BCUT2D eigenvalue weighted by Gasteiger charge is -2.35. The lowest BCUT2D eigenvalue weighted by molar-refractivity contribution is -0.151. The Morgan fingerprint density at radius 3 is 1.91 bits per heavy atom. The second-order valence-electron chi connectivity index (χ2n) is 13.1. The Kier molecular flexibility index (Phi) is 11.4. The number of rotatable bonds is 11. The second kappa shape index (κ2) is 15.2. The zero-order valence-electron chi connectivity index (χ0n) is 26.1. The molecule has 2 aromatic rings. The number of nitrogens with one attached hydrogen (secondary N) is 2. The fourth-order valence-corrected chi connectivity index (χ4v) is 6.10. The highest BCUT2D eigenvalue weighted by Gasteiger charge is 2.46. The van der Waals surface area contributed by atoms with Crippen molar-refractivity contribution in [1.29, 1.82) is 0 Å². The van der Waals surface area contributed by atoms with Crippen LogP contribution >= 0.6 is 0 Å². The van der Waals surface area contributed by atoms with Crippen molar-refractivity contribution in [2.24, 2.45) is 11.3 Å². The van der Waals surface area contributed by atoms with Gasteiger partial charge in [-0.2, -0.15) is 0 Å². The Labute approximate surface area is 260 Å². The van der Waals surface area contributed by atoms with E-state index in [1.807, 2.05) is 60.7 Å². The topological polar surface area (TPSA) is 120 Å². The van der Waals surface area contributed by atoms with Gasteiger partial charge in [-0.1, -0.05) is 73.5 Å². The van der Waals surface area contributed by atoms with E-state index in [0.717, 1.165) is 24.0 Å². The van der Waals surface area contributed by atoms with Crippen LogP contribution < -0.4 is 10.6 Å². The summed E-state index contributed by atoms with van der Waals surface area (Å²) in [7, 11) is 0. The van der Waals surface area contributed by atoms with Gasteiger partial charge in [-0.3, -0.25) is 9.59 Å². The van der Waals surface area contributed by atoms with Crippen LogP contribution in [0.15, 0.2) is 60.7 Å². The van der Waals surface area contributed by atoms with Gasteiger partial charge in [0, 0.05) is 6.04 Å². The molecule has 1 atom stereocenters. The molecule has 238 valence electrons. The first-order chi connectivity index (χ1) is 21.0. The molecule has 2 aliphatic carbocycles. The third-order valence-corrected chi connectivity index (χ3v) is 8.46. The lowest BCUT2D eigenvalue weighted by Crippen LogP contribution is -2.52. The zero-order chi connectivity index (χ0) is 31.6. The molecular weight excluding hydrogens is 560 g/mol. The van der Waals surface area contributed by atoms with Crippen molar-refractivity contribution in [2.45, 2.75) is 109 Å². The molecule has 0 saturated heterocycles. The molecule has 4 rings (SSSR count). The average molecular weight is 607 g/mol. The molecule has 2 aromatic carbocycles. The molecule has 0 bridgehead atoms. The number of esters is 2. The molecule has 9 nitrogen and oxygen atoms in total. The van der Waals surface area contributed by atoms with Crippen molar-refractivity contribution < 1.29 is 33.4 Å². The van der Waals surface area contributed by atoms with Gasteiger partial charge < -0.3 is 24.8 Å². The largest absolute Gasteiger partial charge is 0.461 e. The monoisotopic (exact) mass is 606 g/mol. The minimum absolute atomic E-state index is 0.0579. The van der Waals surface area contributed by atoms with Crippen molar-refractivity contribution in [3.63, 3.8) is 0 Å². The van der Waals surface area contributed by atoms with Crippen LogP contribution in [0, 0.1) is 11.3 Å². The summed E-state index contributed by atoms with van der Waals surface area (Å²) >= 11 is 0. The Morgan fingerprint density at radius 2 is 1.36 bits per heavy atom.